The number of nitrogens with one attached hydrogen (secondary N) is 1. The molecule has 6 nitrogen and oxygen atoms in total. The monoisotopic (exact) mass is 515 g/mol. The van der Waals surface area contributed by atoms with E-state index in [1.165, 1.54) is 16.1 Å². The van der Waals surface area contributed by atoms with Gasteiger partial charge in [0.15, 0.2) is 0 Å². The molecule has 5 rings (SSSR count). The van der Waals surface area contributed by atoms with Gasteiger partial charge in [-0.3, -0.25) is 9.78 Å². The highest BCUT2D eigenvalue weighted by Gasteiger charge is 2.41. The van der Waals surface area contributed by atoms with Gasteiger partial charge in [-0.15, -0.1) is 11.8 Å². The van der Waals surface area contributed by atoms with E-state index in [0.717, 1.165) is 16.7 Å². The molecule has 0 aliphatic carbocycles. The molecule has 0 radical (unpaired) electrons. The summed E-state index contributed by atoms with van der Waals surface area (Å²) >= 11 is 1.33. The average Bonchev–Trinajstić information content (AvgIpc) is 3.45. The van der Waals surface area contributed by atoms with Crippen LogP contribution in [-0.4, -0.2) is 41.3 Å². The third-order valence-electron chi connectivity index (χ3n) is 6.04. The summed E-state index contributed by atoms with van der Waals surface area (Å²) < 4.78 is 28.4. The maximum atomic E-state index is 13.5. The largest absolute Gasteiger partial charge is 0.341 e. The fourth-order valence-electron chi connectivity index (χ4n) is 4.23. The van der Waals surface area contributed by atoms with Crippen molar-refractivity contribution < 1.29 is 13.2 Å². The first kappa shape index (κ1) is 24.2. The van der Waals surface area contributed by atoms with Gasteiger partial charge in [0.05, 0.1) is 16.6 Å². The van der Waals surface area contributed by atoms with Crippen LogP contribution in [0.3, 0.4) is 0 Å². The minimum absolute atomic E-state index is 0.173. The molecule has 0 bridgehead atoms. The number of hydrogen-bond acceptors (Lipinski definition) is 5. The molecule has 2 atom stereocenters. The van der Waals surface area contributed by atoms with Crippen molar-refractivity contribution in [3.63, 3.8) is 0 Å². The predicted molar refractivity (Wildman–Crippen MR) is 143 cm³/mol. The van der Waals surface area contributed by atoms with Gasteiger partial charge in [0, 0.05) is 18.5 Å². The Morgan fingerprint density at radius 1 is 0.861 bits per heavy atom. The zero-order chi connectivity index (χ0) is 25.0. The molecule has 36 heavy (non-hydrogen) atoms. The van der Waals surface area contributed by atoms with E-state index < -0.39 is 21.4 Å². The number of sulfonamides is 1. The van der Waals surface area contributed by atoms with E-state index in [1.54, 1.807) is 30.5 Å². The van der Waals surface area contributed by atoms with Gasteiger partial charge in [0.1, 0.15) is 5.37 Å². The molecule has 1 aromatic heterocycles. The van der Waals surface area contributed by atoms with Crippen molar-refractivity contribution in [3.8, 4) is 11.1 Å². The molecule has 4 aromatic rings. The maximum absolute atomic E-state index is 13.5. The number of carbonyl (C=O) groups is 1. The summed E-state index contributed by atoms with van der Waals surface area (Å²) in [5, 5.41) is 2.19. The lowest BCUT2D eigenvalue weighted by Crippen LogP contribution is -2.46. The Morgan fingerprint density at radius 3 is 2.17 bits per heavy atom. The van der Waals surface area contributed by atoms with Crippen LogP contribution in [0.1, 0.15) is 17.3 Å². The molecule has 1 amide bonds. The number of carbonyl (C=O) groups excluding carboxylic acids is 1. The van der Waals surface area contributed by atoms with Gasteiger partial charge in [-0.2, -0.15) is 4.31 Å². The zero-order valence-corrected chi connectivity index (χ0v) is 21.0. The van der Waals surface area contributed by atoms with Crippen LogP contribution >= 0.6 is 11.8 Å². The van der Waals surface area contributed by atoms with Gasteiger partial charge in [-0.1, -0.05) is 78.9 Å². The van der Waals surface area contributed by atoms with Crippen LogP contribution < -0.4 is 5.32 Å². The second-order valence-electron chi connectivity index (χ2n) is 8.34. The van der Waals surface area contributed by atoms with Crippen molar-refractivity contribution in [2.24, 2.45) is 0 Å². The van der Waals surface area contributed by atoms with Crippen LogP contribution in [0, 0.1) is 0 Å². The highest BCUT2D eigenvalue weighted by Crippen LogP contribution is 2.32. The summed E-state index contributed by atoms with van der Waals surface area (Å²) in [6, 6.07) is 31.2. The average molecular weight is 516 g/mol. The molecule has 1 unspecified atom stereocenters. The zero-order valence-electron chi connectivity index (χ0n) is 19.4. The van der Waals surface area contributed by atoms with Crippen molar-refractivity contribution in [3.05, 3.63) is 121 Å². The number of amides is 1. The quantitative estimate of drug-likeness (QED) is 0.385. The Hall–Kier alpha value is -3.46. The summed E-state index contributed by atoms with van der Waals surface area (Å²) in [5.74, 6) is 0.181. The summed E-state index contributed by atoms with van der Waals surface area (Å²) in [7, 11) is -3.86. The molecule has 1 N–H and O–H groups in total. The number of thioether (sulfide) groups is 1. The number of nitrogens with zero attached hydrogens (tertiary/aromatic N) is 2. The molecule has 0 saturated carbocycles. The van der Waals surface area contributed by atoms with E-state index in [2.05, 4.69) is 10.3 Å². The van der Waals surface area contributed by atoms with E-state index in [4.69, 9.17) is 0 Å². The number of rotatable bonds is 7. The van der Waals surface area contributed by atoms with Crippen LogP contribution in [0.25, 0.3) is 11.1 Å². The van der Waals surface area contributed by atoms with Crippen molar-refractivity contribution in [2.45, 2.75) is 16.3 Å². The Balaban J connectivity index is 1.38. The third kappa shape index (κ3) is 5.06. The number of pyridine rings is 1. The van der Waals surface area contributed by atoms with Crippen molar-refractivity contribution in [1.29, 1.82) is 0 Å². The minimum Gasteiger partial charge on any atom is -0.341 e. The van der Waals surface area contributed by atoms with Crippen molar-refractivity contribution in [2.75, 3.05) is 12.3 Å². The molecule has 182 valence electrons. The van der Waals surface area contributed by atoms with Gasteiger partial charge < -0.3 is 5.32 Å². The third-order valence-corrected chi connectivity index (χ3v) is 9.26. The smallest absolute Gasteiger partial charge is 0.249 e. The van der Waals surface area contributed by atoms with Crippen LogP contribution in [0.4, 0.5) is 0 Å². The highest BCUT2D eigenvalue weighted by molar-refractivity contribution is 8.02. The second kappa shape index (κ2) is 10.7. The summed E-state index contributed by atoms with van der Waals surface area (Å²) in [4.78, 5) is 18.1. The van der Waals surface area contributed by atoms with E-state index >= 15 is 0 Å². The molecular formula is C28H25N3O3S2. The van der Waals surface area contributed by atoms with Crippen LogP contribution in [-0.2, 0) is 14.8 Å². The fraction of sp³-hybridized carbons (Fsp3) is 0.143. The van der Waals surface area contributed by atoms with E-state index in [9.17, 15) is 13.2 Å². The van der Waals surface area contributed by atoms with Gasteiger partial charge >= 0.3 is 0 Å². The van der Waals surface area contributed by atoms with Crippen LogP contribution in [0.5, 0.6) is 0 Å². The molecular weight excluding hydrogens is 490 g/mol. The molecule has 8 heteroatoms. The molecule has 0 spiro atoms. The summed E-state index contributed by atoms with van der Waals surface area (Å²) in [5.41, 5.74) is 3.50. The maximum Gasteiger partial charge on any atom is 0.249 e. The number of benzene rings is 3. The molecule has 1 aliphatic heterocycles. The molecule has 1 aliphatic rings. The van der Waals surface area contributed by atoms with Gasteiger partial charge in [0.2, 0.25) is 15.9 Å². The first-order chi connectivity index (χ1) is 17.5. The SMILES string of the molecule is O=C(N[C@H](c1ccccc1)c1ccccn1)C1SCCN1S(=O)(=O)c1ccc(-c2ccccc2)cc1. The standard InChI is InChI=1S/C28H25N3O3S2/c32-27(30-26(23-11-5-2-6-12-23)25-13-7-8-18-29-25)28-31(19-20-35-28)36(33,34)24-16-14-22(15-17-24)21-9-3-1-4-10-21/h1-18,26,28H,19-20H2,(H,30,32)/t26-,28?/m1/s1. The number of aromatic nitrogens is 1. The van der Waals surface area contributed by atoms with Crippen molar-refractivity contribution >= 4 is 27.7 Å². The normalized spacial score (nSPS) is 16.9. The molecule has 2 heterocycles. The van der Waals surface area contributed by atoms with Gasteiger partial charge in [0.25, 0.3) is 0 Å². The Morgan fingerprint density at radius 2 is 1.50 bits per heavy atom. The predicted octanol–water partition coefficient (Wildman–Crippen LogP) is 4.72. The molecule has 1 saturated heterocycles. The van der Waals surface area contributed by atoms with Crippen LogP contribution in [0.15, 0.2) is 114 Å². The Labute approximate surface area is 215 Å². The first-order valence-electron chi connectivity index (χ1n) is 11.6. The van der Waals surface area contributed by atoms with Gasteiger partial charge in [-0.05, 0) is 41.0 Å². The van der Waals surface area contributed by atoms with Crippen LogP contribution in [0.2, 0.25) is 0 Å². The Bertz CT molecular complexity index is 1380. The lowest BCUT2D eigenvalue weighted by Gasteiger charge is -2.25. The number of hydrogen-bond donors (Lipinski definition) is 1. The molecule has 3 aromatic carbocycles. The second-order valence-corrected chi connectivity index (χ2v) is 11.4. The topological polar surface area (TPSA) is 79.4 Å². The highest BCUT2D eigenvalue weighted by atomic mass is 32.2. The van der Waals surface area contributed by atoms with Gasteiger partial charge in [-0.25, -0.2) is 8.42 Å². The lowest BCUT2D eigenvalue weighted by atomic mass is 10.0. The van der Waals surface area contributed by atoms with E-state index in [-0.39, 0.29) is 17.3 Å². The summed E-state index contributed by atoms with van der Waals surface area (Å²) in [6.45, 7) is 0.269. The minimum atomic E-state index is -3.86. The lowest BCUT2D eigenvalue weighted by molar-refractivity contribution is -0.122. The van der Waals surface area contributed by atoms with Crippen molar-refractivity contribution in [1.82, 2.24) is 14.6 Å². The first-order valence-corrected chi connectivity index (χ1v) is 14.1. The van der Waals surface area contributed by atoms with E-state index in [1.807, 2.05) is 78.9 Å². The fourth-order valence-corrected chi connectivity index (χ4v) is 7.31. The van der Waals surface area contributed by atoms with E-state index in [0.29, 0.717) is 11.4 Å². The summed E-state index contributed by atoms with van der Waals surface area (Å²) in [6.07, 6.45) is 1.68. The Kier molecular flexibility index (Phi) is 7.18. The molecule has 1 fully saturated rings.